The lowest BCUT2D eigenvalue weighted by Crippen LogP contribution is -2.41. The van der Waals surface area contributed by atoms with Gasteiger partial charge in [0, 0.05) is 5.56 Å². The number of nitrogens with zero attached hydrogens (tertiary/aromatic N) is 1. The van der Waals surface area contributed by atoms with E-state index < -0.39 is 17.7 Å². The molecule has 25 heavy (non-hydrogen) atoms. The first-order valence-corrected chi connectivity index (χ1v) is 7.90. The number of rotatable bonds is 5. The summed E-state index contributed by atoms with van der Waals surface area (Å²) in [6.07, 6.45) is 0. The van der Waals surface area contributed by atoms with Gasteiger partial charge in [-0.15, -0.1) is 0 Å². The second-order valence-electron chi connectivity index (χ2n) is 5.77. The Bertz CT molecular complexity index is 812. The molecule has 0 fully saturated rings. The minimum absolute atomic E-state index is 0.314. The molecule has 0 saturated carbocycles. The summed E-state index contributed by atoms with van der Waals surface area (Å²) in [5, 5.41) is 2.80. The van der Waals surface area contributed by atoms with E-state index >= 15 is 0 Å². The third kappa shape index (κ3) is 3.10. The lowest BCUT2D eigenvalue weighted by Gasteiger charge is -2.19. The molecule has 1 atom stereocenters. The molecule has 0 radical (unpaired) electrons. The molecule has 1 heterocycles. The van der Waals surface area contributed by atoms with Gasteiger partial charge in [0.15, 0.2) is 0 Å². The van der Waals surface area contributed by atoms with Crippen molar-refractivity contribution in [2.45, 2.75) is 13.0 Å². The van der Waals surface area contributed by atoms with Gasteiger partial charge in [0.1, 0.15) is 12.3 Å². The minimum atomic E-state index is -0.444. The Morgan fingerprint density at radius 1 is 1.04 bits per heavy atom. The lowest BCUT2D eigenvalue weighted by molar-refractivity contribution is -0.122. The maximum absolute atomic E-state index is 12.3. The van der Waals surface area contributed by atoms with Crippen LogP contribution in [0.3, 0.4) is 0 Å². The van der Waals surface area contributed by atoms with E-state index in [2.05, 4.69) is 5.32 Å². The van der Waals surface area contributed by atoms with Gasteiger partial charge in [0.05, 0.1) is 24.3 Å². The van der Waals surface area contributed by atoms with E-state index in [0.717, 1.165) is 10.5 Å². The van der Waals surface area contributed by atoms with E-state index in [1.54, 1.807) is 31.4 Å². The van der Waals surface area contributed by atoms with Gasteiger partial charge >= 0.3 is 0 Å². The monoisotopic (exact) mass is 338 g/mol. The zero-order chi connectivity index (χ0) is 18.0. The van der Waals surface area contributed by atoms with Crippen LogP contribution in [-0.4, -0.2) is 36.3 Å². The molecule has 1 aliphatic heterocycles. The van der Waals surface area contributed by atoms with Crippen LogP contribution in [0.4, 0.5) is 0 Å². The molecule has 1 unspecified atom stereocenters. The van der Waals surface area contributed by atoms with Gasteiger partial charge in [-0.05, 0) is 25.1 Å². The van der Waals surface area contributed by atoms with Gasteiger partial charge in [0.25, 0.3) is 11.8 Å². The lowest BCUT2D eigenvalue weighted by atomic mass is 10.1. The molecule has 1 aliphatic rings. The van der Waals surface area contributed by atoms with Crippen molar-refractivity contribution in [1.29, 1.82) is 0 Å². The SMILES string of the molecule is COc1ccccc1C(C)NC(=O)CN1C(=O)c2ccccc2C1=O. The highest BCUT2D eigenvalue weighted by Crippen LogP contribution is 2.25. The van der Waals surface area contributed by atoms with Crippen LogP contribution in [0, 0.1) is 0 Å². The van der Waals surface area contributed by atoms with Crippen molar-refractivity contribution in [3.63, 3.8) is 0 Å². The highest BCUT2D eigenvalue weighted by molar-refractivity contribution is 6.22. The van der Waals surface area contributed by atoms with Crippen molar-refractivity contribution in [3.05, 3.63) is 65.2 Å². The molecule has 3 rings (SSSR count). The Kier molecular flexibility index (Phi) is 4.52. The first-order valence-electron chi connectivity index (χ1n) is 7.90. The van der Waals surface area contributed by atoms with Gasteiger partial charge in [0.2, 0.25) is 5.91 Å². The van der Waals surface area contributed by atoms with Gasteiger partial charge < -0.3 is 10.1 Å². The summed E-state index contributed by atoms with van der Waals surface area (Å²) < 4.78 is 5.29. The number of carbonyl (C=O) groups excluding carboxylic acids is 3. The van der Waals surface area contributed by atoms with Crippen molar-refractivity contribution in [3.8, 4) is 5.75 Å². The Hall–Kier alpha value is -3.15. The van der Waals surface area contributed by atoms with Crippen molar-refractivity contribution in [2.75, 3.05) is 13.7 Å². The second kappa shape index (κ2) is 6.76. The smallest absolute Gasteiger partial charge is 0.262 e. The van der Waals surface area contributed by atoms with Crippen molar-refractivity contribution in [1.82, 2.24) is 10.2 Å². The zero-order valence-electron chi connectivity index (χ0n) is 14.0. The number of benzene rings is 2. The molecule has 1 N–H and O–H groups in total. The Balaban J connectivity index is 1.69. The predicted octanol–water partition coefficient (Wildman–Crippen LogP) is 2.17. The average Bonchev–Trinajstić information content (AvgIpc) is 2.87. The largest absolute Gasteiger partial charge is 0.496 e. The summed E-state index contributed by atoms with van der Waals surface area (Å²) in [7, 11) is 1.56. The zero-order valence-corrected chi connectivity index (χ0v) is 14.0. The van der Waals surface area contributed by atoms with E-state index in [-0.39, 0.29) is 12.6 Å². The maximum Gasteiger partial charge on any atom is 0.262 e. The maximum atomic E-state index is 12.3. The summed E-state index contributed by atoms with van der Waals surface area (Å²) in [4.78, 5) is 37.9. The number of methoxy groups -OCH3 is 1. The summed E-state index contributed by atoms with van der Waals surface area (Å²) >= 11 is 0. The van der Waals surface area contributed by atoms with E-state index in [1.165, 1.54) is 0 Å². The molecule has 0 aromatic heterocycles. The number of amides is 3. The molecule has 2 aromatic carbocycles. The topological polar surface area (TPSA) is 75.7 Å². The molecule has 2 aromatic rings. The predicted molar refractivity (Wildman–Crippen MR) is 91.4 cm³/mol. The van der Waals surface area contributed by atoms with Gasteiger partial charge in [-0.3, -0.25) is 19.3 Å². The number of hydrogen-bond donors (Lipinski definition) is 1. The number of fused-ring (bicyclic) bond motifs is 1. The molecule has 128 valence electrons. The number of imide groups is 1. The van der Waals surface area contributed by atoms with Crippen LogP contribution in [0.5, 0.6) is 5.75 Å². The molecule has 6 heteroatoms. The van der Waals surface area contributed by atoms with E-state index in [0.29, 0.717) is 16.9 Å². The molecular formula is C19H18N2O4. The molecule has 0 saturated heterocycles. The molecule has 6 nitrogen and oxygen atoms in total. The van der Waals surface area contributed by atoms with Crippen molar-refractivity contribution < 1.29 is 19.1 Å². The van der Waals surface area contributed by atoms with Crippen LogP contribution in [0.2, 0.25) is 0 Å². The molecule has 3 amide bonds. The summed E-state index contributed by atoms with van der Waals surface area (Å²) in [6.45, 7) is 1.50. The Morgan fingerprint density at radius 3 is 2.20 bits per heavy atom. The summed E-state index contributed by atoms with van der Waals surface area (Å²) in [5.74, 6) is -0.634. The number of hydrogen-bond acceptors (Lipinski definition) is 4. The van der Waals surface area contributed by atoms with Crippen LogP contribution in [-0.2, 0) is 4.79 Å². The second-order valence-corrected chi connectivity index (χ2v) is 5.77. The number of carbonyl (C=O) groups is 3. The third-order valence-electron chi connectivity index (χ3n) is 4.16. The number of ether oxygens (including phenoxy) is 1. The van der Waals surface area contributed by atoms with Gasteiger partial charge in [-0.25, -0.2) is 0 Å². The summed E-state index contributed by atoms with van der Waals surface area (Å²) in [6, 6.07) is 13.6. The van der Waals surface area contributed by atoms with Crippen LogP contribution in [0.1, 0.15) is 39.2 Å². The first-order chi connectivity index (χ1) is 12.0. The molecule has 0 bridgehead atoms. The fraction of sp³-hybridized carbons (Fsp3) is 0.211. The Morgan fingerprint density at radius 2 is 1.60 bits per heavy atom. The quantitative estimate of drug-likeness (QED) is 0.848. The van der Waals surface area contributed by atoms with Crippen LogP contribution in [0.25, 0.3) is 0 Å². The third-order valence-corrected chi connectivity index (χ3v) is 4.16. The van der Waals surface area contributed by atoms with E-state index in [4.69, 9.17) is 4.74 Å². The standard InChI is InChI=1S/C19H18N2O4/c1-12(13-7-5-6-10-16(13)25-2)20-17(22)11-21-18(23)14-8-3-4-9-15(14)19(21)24/h3-10,12H,11H2,1-2H3,(H,20,22). The highest BCUT2D eigenvalue weighted by Gasteiger charge is 2.36. The number of nitrogens with one attached hydrogen (secondary N) is 1. The molecule has 0 aliphatic carbocycles. The molecule has 0 spiro atoms. The van der Waals surface area contributed by atoms with Crippen molar-refractivity contribution in [2.24, 2.45) is 0 Å². The first kappa shape index (κ1) is 16.7. The normalized spacial score (nSPS) is 14.2. The fourth-order valence-corrected chi connectivity index (χ4v) is 2.92. The number of para-hydroxylation sites is 1. The summed E-state index contributed by atoms with van der Waals surface area (Å²) in [5.41, 5.74) is 1.48. The highest BCUT2D eigenvalue weighted by atomic mass is 16.5. The van der Waals surface area contributed by atoms with Crippen LogP contribution >= 0.6 is 0 Å². The Labute approximate surface area is 145 Å². The van der Waals surface area contributed by atoms with Crippen LogP contribution < -0.4 is 10.1 Å². The van der Waals surface area contributed by atoms with Crippen molar-refractivity contribution >= 4 is 17.7 Å². The van der Waals surface area contributed by atoms with Gasteiger partial charge in [-0.2, -0.15) is 0 Å². The minimum Gasteiger partial charge on any atom is -0.496 e. The van der Waals surface area contributed by atoms with E-state index in [1.807, 2.05) is 31.2 Å². The van der Waals surface area contributed by atoms with Gasteiger partial charge in [-0.1, -0.05) is 30.3 Å². The van der Waals surface area contributed by atoms with E-state index in [9.17, 15) is 14.4 Å². The average molecular weight is 338 g/mol. The van der Waals surface area contributed by atoms with Crippen LogP contribution in [0.15, 0.2) is 48.5 Å². The fourth-order valence-electron chi connectivity index (χ4n) is 2.92. The molecular weight excluding hydrogens is 320 g/mol.